The highest BCUT2D eigenvalue weighted by atomic mass is 28.3. The van der Waals surface area contributed by atoms with Gasteiger partial charge in [-0.2, -0.15) is 0 Å². The predicted octanol–water partition coefficient (Wildman–Crippen LogP) is 6.70. The molecule has 0 radical (unpaired) electrons. The second-order valence-electron chi connectivity index (χ2n) is 11.5. The van der Waals surface area contributed by atoms with Gasteiger partial charge in [0.2, 0.25) is 0 Å². The summed E-state index contributed by atoms with van der Waals surface area (Å²) in [6.07, 6.45) is 1.57. The topological polar surface area (TPSA) is 23.5 Å². The van der Waals surface area contributed by atoms with Crippen molar-refractivity contribution in [3.8, 4) is 0 Å². The van der Waals surface area contributed by atoms with Crippen molar-refractivity contribution in [1.29, 1.82) is 0 Å². The maximum Gasteiger partial charge on any atom is 0.117 e. The summed E-state index contributed by atoms with van der Waals surface area (Å²) in [5, 5.41) is 15.1. The summed E-state index contributed by atoms with van der Waals surface area (Å²) in [6.45, 7) is 3.36. The second kappa shape index (κ2) is 12.0. The van der Waals surface area contributed by atoms with Gasteiger partial charge in [-0.05, 0) is 35.6 Å². The van der Waals surface area contributed by atoms with E-state index >= 15 is 0 Å². The summed E-state index contributed by atoms with van der Waals surface area (Å²) >= 11 is 0. The maximum atomic E-state index is 12.4. The number of benzene rings is 5. The Morgan fingerprint density at radius 3 is 1.39 bits per heavy atom. The molecule has 0 bridgehead atoms. The zero-order valence-corrected chi connectivity index (χ0v) is 24.8. The van der Waals surface area contributed by atoms with Crippen LogP contribution >= 0.6 is 0 Å². The van der Waals surface area contributed by atoms with Gasteiger partial charge in [0, 0.05) is 12.6 Å². The largest absolute Gasteiger partial charge is 0.392 e. The molecule has 206 valence electrons. The molecule has 1 aliphatic rings. The predicted molar refractivity (Wildman–Crippen MR) is 174 cm³/mol. The first-order valence-electron chi connectivity index (χ1n) is 14.9. The van der Waals surface area contributed by atoms with Crippen molar-refractivity contribution in [2.75, 3.05) is 6.54 Å². The molecule has 1 N–H and O–H groups in total. The number of aliphatic hydroxyl groups excluding tert-OH is 1. The van der Waals surface area contributed by atoms with Gasteiger partial charge in [0.1, 0.15) is 8.07 Å². The Morgan fingerprint density at radius 1 is 0.634 bits per heavy atom. The van der Waals surface area contributed by atoms with Gasteiger partial charge in [0.05, 0.1) is 11.6 Å². The average molecular weight is 554 g/mol. The fraction of sp³-hybridized carbons (Fsp3) is 0.211. The quantitative estimate of drug-likeness (QED) is 0.162. The van der Waals surface area contributed by atoms with Gasteiger partial charge in [-0.1, -0.05) is 169 Å². The van der Waals surface area contributed by atoms with E-state index < -0.39 is 19.7 Å². The standard InChI is InChI=1S/C38H39NOSi/c1-41(34-24-13-5-14-25-34,35-26-15-6-16-27-35)30-37(40)36-28-17-29-39(36)38(31-18-7-2-8-19-31,32-20-9-3-10-21-32)33-22-11-4-12-23-33/h2-16,18-27,36-37,40H,17,28-30H2,1H3/t36-,37+/m0/s1. The van der Waals surface area contributed by atoms with E-state index in [1.807, 2.05) is 0 Å². The van der Waals surface area contributed by atoms with E-state index in [1.165, 1.54) is 27.1 Å². The summed E-state index contributed by atoms with van der Waals surface area (Å²) in [5.41, 5.74) is 3.21. The molecule has 1 saturated heterocycles. The second-order valence-corrected chi connectivity index (χ2v) is 15.8. The Kier molecular flexibility index (Phi) is 8.02. The molecule has 2 atom stereocenters. The Hall–Kier alpha value is -3.76. The normalized spacial score (nSPS) is 16.9. The van der Waals surface area contributed by atoms with Gasteiger partial charge in [-0.15, -0.1) is 0 Å². The van der Waals surface area contributed by atoms with E-state index in [9.17, 15) is 5.11 Å². The fourth-order valence-electron chi connectivity index (χ4n) is 7.21. The third-order valence-corrected chi connectivity index (χ3v) is 13.6. The van der Waals surface area contributed by atoms with Gasteiger partial charge >= 0.3 is 0 Å². The highest BCUT2D eigenvalue weighted by molar-refractivity contribution is 7.01. The lowest BCUT2D eigenvalue weighted by Crippen LogP contribution is -2.60. The minimum Gasteiger partial charge on any atom is -0.392 e. The number of aliphatic hydroxyl groups is 1. The van der Waals surface area contributed by atoms with Gasteiger partial charge < -0.3 is 5.11 Å². The number of hydrogen-bond donors (Lipinski definition) is 1. The van der Waals surface area contributed by atoms with Crippen LogP contribution in [0.15, 0.2) is 152 Å². The molecule has 1 aliphatic heterocycles. The first-order valence-corrected chi connectivity index (χ1v) is 17.6. The van der Waals surface area contributed by atoms with Crippen LogP contribution in [0.1, 0.15) is 29.5 Å². The van der Waals surface area contributed by atoms with Crippen LogP contribution < -0.4 is 10.4 Å². The Labute approximate surface area is 246 Å². The van der Waals surface area contributed by atoms with Crippen molar-refractivity contribution in [3.63, 3.8) is 0 Å². The molecule has 2 nitrogen and oxygen atoms in total. The lowest BCUT2D eigenvalue weighted by Gasteiger charge is -2.48. The summed E-state index contributed by atoms with van der Waals surface area (Å²) in [4.78, 5) is 2.63. The minimum absolute atomic E-state index is 0.0230. The summed E-state index contributed by atoms with van der Waals surface area (Å²) in [6, 6.07) is 55.3. The molecule has 41 heavy (non-hydrogen) atoms. The maximum absolute atomic E-state index is 12.4. The molecule has 1 fully saturated rings. The van der Waals surface area contributed by atoms with Gasteiger partial charge in [-0.25, -0.2) is 0 Å². The monoisotopic (exact) mass is 553 g/mol. The molecule has 5 aromatic carbocycles. The molecule has 6 rings (SSSR count). The lowest BCUT2D eigenvalue weighted by atomic mass is 9.75. The van der Waals surface area contributed by atoms with Crippen molar-refractivity contribution < 1.29 is 5.11 Å². The van der Waals surface area contributed by atoms with Crippen LogP contribution in [0, 0.1) is 0 Å². The third kappa shape index (κ3) is 5.10. The van der Waals surface area contributed by atoms with E-state index in [1.54, 1.807) is 0 Å². The van der Waals surface area contributed by atoms with Gasteiger partial charge in [0.25, 0.3) is 0 Å². The van der Waals surface area contributed by atoms with E-state index in [0.717, 1.165) is 25.4 Å². The Morgan fingerprint density at radius 2 is 1.00 bits per heavy atom. The fourth-order valence-corrected chi connectivity index (χ4v) is 11.0. The first-order chi connectivity index (χ1) is 20.1. The lowest BCUT2D eigenvalue weighted by molar-refractivity contribution is 0.0431. The number of rotatable bonds is 9. The van der Waals surface area contributed by atoms with Crippen LogP contribution in [0.5, 0.6) is 0 Å². The molecule has 0 amide bonds. The molecule has 0 saturated carbocycles. The van der Waals surface area contributed by atoms with E-state index in [0.29, 0.717) is 0 Å². The minimum atomic E-state index is -2.24. The number of hydrogen-bond acceptors (Lipinski definition) is 2. The van der Waals surface area contributed by atoms with Crippen LogP contribution in [0.3, 0.4) is 0 Å². The molecular weight excluding hydrogens is 515 g/mol. The highest BCUT2D eigenvalue weighted by Gasteiger charge is 2.49. The van der Waals surface area contributed by atoms with Crippen molar-refractivity contribution in [1.82, 2.24) is 4.90 Å². The molecule has 0 unspecified atom stereocenters. The van der Waals surface area contributed by atoms with Gasteiger partial charge in [-0.3, -0.25) is 4.90 Å². The molecule has 1 heterocycles. The van der Waals surface area contributed by atoms with E-state index in [2.05, 4.69) is 163 Å². The zero-order valence-electron chi connectivity index (χ0n) is 23.8. The van der Waals surface area contributed by atoms with Gasteiger partial charge in [0.15, 0.2) is 0 Å². The third-order valence-electron chi connectivity index (χ3n) is 9.19. The first kappa shape index (κ1) is 27.4. The summed E-state index contributed by atoms with van der Waals surface area (Å²) < 4.78 is 0. The Balaban J connectivity index is 1.48. The van der Waals surface area contributed by atoms with Crippen molar-refractivity contribution >= 4 is 18.4 Å². The van der Waals surface area contributed by atoms with E-state index in [4.69, 9.17) is 0 Å². The highest BCUT2D eigenvalue weighted by Crippen LogP contribution is 2.46. The van der Waals surface area contributed by atoms with E-state index in [-0.39, 0.29) is 6.04 Å². The molecule has 0 aromatic heterocycles. The average Bonchev–Trinajstić information content (AvgIpc) is 3.54. The molecule has 0 spiro atoms. The summed E-state index contributed by atoms with van der Waals surface area (Å²) in [5.74, 6) is 0. The van der Waals surface area contributed by atoms with Crippen LogP contribution in [-0.2, 0) is 5.54 Å². The van der Waals surface area contributed by atoms with Crippen LogP contribution in [0.25, 0.3) is 0 Å². The number of likely N-dealkylation sites (tertiary alicyclic amines) is 1. The van der Waals surface area contributed by atoms with Crippen LogP contribution in [0.2, 0.25) is 12.6 Å². The van der Waals surface area contributed by atoms with Crippen LogP contribution in [0.4, 0.5) is 0 Å². The summed E-state index contributed by atoms with van der Waals surface area (Å²) in [7, 11) is -2.24. The van der Waals surface area contributed by atoms with Crippen molar-refractivity contribution in [3.05, 3.63) is 168 Å². The molecule has 0 aliphatic carbocycles. The van der Waals surface area contributed by atoms with Crippen LogP contribution in [-0.4, -0.2) is 36.8 Å². The zero-order chi connectivity index (χ0) is 28.1. The van der Waals surface area contributed by atoms with Crippen molar-refractivity contribution in [2.24, 2.45) is 0 Å². The molecular formula is C38H39NOSi. The smallest absolute Gasteiger partial charge is 0.117 e. The molecule has 5 aromatic rings. The molecule has 3 heteroatoms. The SMILES string of the molecule is C[Si](C[C@@H](O)[C@@H]1CCCN1C(c1ccccc1)(c1ccccc1)c1ccccc1)(c1ccccc1)c1ccccc1. The van der Waals surface area contributed by atoms with Crippen molar-refractivity contribution in [2.45, 2.75) is 43.1 Å². The Bertz CT molecular complexity index is 1370. The number of nitrogens with zero attached hydrogens (tertiary/aromatic N) is 1.